The largest absolute Gasteiger partial charge is 0.460 e. The maximum atomic E-state index is 13.6. The molecule has 0 bridgehead atoms. The molecule has 198 valence electrons. The third kappa shape index (κ3) is 6.46. The Hall–Kier alpha value is -4.43. The van der Waals surface area contributed by atoms with E-state index in [0.29, 0.717) is 12.5 Å². The third-order valence-corrected chi connectivity index (χ3v) is 6.07. The summed E-state index contributed by atoms with van der Waals surface area (Å²) in [5.74, 6) is 5.94. The van der Waals surface area contributed by atoms with E-state index in [1.165, 1.54) is 6.08 Å². The number of nitrogens with zero attached hydrogens (tertiary/aromatic N) is 5. The summed E-state index contributed by atoms with van der Waals surface area (Å²) in [6, 6.07) is 5.65. The number of imidazole rings is 1. The van der Waals surface area contributed by atoms with E-state index in [1.807, 2.05) is 18.2 Å². The molecule has 1 amide bonds. The first kappa shape index (κ1) is 26.6. The molecule has 1 unspecified atom stereocenters. The van der Waals surface area contributed by atoms with Crippen molar-refractivity contribution in [2.75, 3.05) is 36.5 Å². The minimum Gasteiger partial charge on any atom is -0.460 e. The van der Waals surface area contributed by atoms with Crippen molar-refractivity contribution in [1.82, 2.24) is 24.8 Å². The first-order chi connectivity index (χ1) is 18.5. The number of aromatic nitrogens is 4. The molecule has 4 rings (SSSR count). The van der Waals surface area contributed by atoms with Crippen molar-refractivity contribution in [3.8, 4) is 11.8 Å². The SMILES string of the molecule is C=CCOC(=O)CNc1nc(N2CCCC(N)C2)n(CC#CC)c1C(=O)NCc1ccc2nccnc2c1. The molecule has 1 aliphatic rings. The van der Waals surface area contributed by atoms with Gasteiger partial charge in [-0.1, -0.05) is 24.6 Å². The highest BCUT2D eigenvalue weighted by molar-refractivity contribution is 5.98. The molecule has 1 fully saturated rings. The lowest BCUT2D eigenvalue weighted by Crippen LogP contribution is -2.44. The Balaban J connectivity index is 1.63. The maximum Gasteiger partial charge on any atom is 0.325 e. The van der Waals surface area contributed by atoms with Gasteiger partial charge in [0.25, 0.3) is 5.91 Å². The smallest absolute Gasteiger partial charge is 0.325 e. The van der Waals surface area contributed by atoms with Gasteiger partial charge in [-0.25, -0.2) is 0 Å². The molecule has 0 saturated carbocycles. The van der Waals surface area contributed by atoms with Crippen molar-refractivity contribution < 1.29 is 14.3 Å². The summed E-state index contributed by atoms with van der Waals surface area (Å²) in [6.45, 7) is 7.11. The number of ether oxygens (including phenoxy) is 1. The molecule has 3 heterocycles. The Bertz CT molecular complexity index is 1370. The lowest BCUT2D eigenvalue weighted by molar-refractivity contribution is -0.140. The van der Waals surface area contributed by atoms with Gasteiger partial charge in [-0.05, 0) is 37.5 Å². The van der Waals surface area contributed by atoms with Gasteiger partial charge in [-0.2, -0.15) is 4.98 Å². The Morgan fingerprint density at radius 3 is 2.87 bits per heavy atom. The first-order valence-electron chi connectivity index (χ1n) is 12.5. The third-order valence-electron chi connectivity index (χ3n) is 6.07. The van der Waals surface area contributed by atoms with Crippen LogP contribution in [0, 0.1) is 11.8 Å². The van der Waals surface area contributed by atoms with Gasteiger partial charge >= 0.3 is 5.97 Å². The summed E-state index contributed by atoms with van der Waals surface area (Å²) >= 11 is 0. The molecule has 0 aliphatic carbocycles. The summed E-state index contributed by atoms with van der Waals surface area (Å²) in [4.78, 5) is 41.2. The second-order valence-electron chi connectivity index (χ2n) is 8.86. The van der Waals surface area contributed by atoms with Crippen LogP contribution in [0.5, 0.6) is 0 Å². The number of carbonyl (C=O) groups excluding carboxylic acids is 2. The summed E-state index contributed by atoms with van der Waals surface area (Å²) in [7, 11) is 0. The van der Waals surface area contributed by atoms with Gasteiger partial charge in [0, 0.05) is 38.1 Å². The van der Waals surface area contributed by atoms with Crippen LogP contribution >= 0.6 is 0 Å². The van der Waals surface area contributed by atoms with Crippen LogP contribution in [0.3, 0.4) is 0 Å². The van der Waals surface area contributed by atoms with E-state index >= 15 is 0 Å². The van der Waals surface area contributed by atoms with Crippen LogP contribution in [-0.2, 0) is 22.6 Å². The molecular weight excluding hydrogens is 484 g/mol. The number of rotatable bonds is 10. The van der Waals surface area contributed by atoms with Crippen molar-refractivity contribution in [3.63, 3.8) is 0 Å². The molecule has 2 aromatic heterocycles. The predicted molar refractivity (Wildman–Crippen MR) is 145 cm³/mol. The Morgan fingerprint density at radius 1 is 1.29 bits per heavy atom. The topological polar surface area (TPSA) is 140 Å². The van der Waals surface area contributed by atoms with E-state index in [1.54, 1.807) is 23.9 Å². The van der Waals surface area contributed by atoms with Crippen molar-refractivity contribution in [3.05, 3.63) is 54.5 Å². The molecule has 38 heavy (non-hydrogen) atoms. The maximum absolute atomic E-state index is 13.6. The van der Waals surface area contributed by atoms with Gasteiger partial charge in [-0.3, -0.25) is 24.1 Å². The number of fused-ring (bicyclic) bond motifs is 1. The van der Waals surface area contributed by atoms with E-state index < -0.39 is 5.97 Å². The number of nitrogens with one attached hydrogen (secondary N) is 2. The van der Waals surface area contributed by atoms with E-state index in [4.69, 9.17) is 15.5 Å². The number of nitrogens with two attached hydrogens (primary N) is 1. The summed E-state index contributed by atoms with van der Waals surface area (Å²) in [5.41, 5.74) is 8.90. The highest BCUT2D eigenvalue weighted by atomic mass is 16.5. The lowest BCUT2D eigenvalue weighted by Gasteiger charge is -2.31. The average Bonchev–Trinajstić information content (AvgIpc) is 3.30. The Labute approximate surface area is 221 Å². The highest BCUT2D eigenvalue weighted by Gasteiger charge is 2.28. The van der Waals surface area contributed by atoms with E-state index in [2.05, 4.69) is 43.9 Å². The summed E-state index contributed by atoms with van der Waals surface area (Å²) in [6.07, 6.45) is 6.60. The van der Waals surface area contributed by atoms with Gasteiger partial charge in [0.2, 0.25) is 5.95 Å². The molecule has 0 spiro atoms. The van der Waals surface area contributed by atoms with Crippen LogP contribution in [0.2, 0.25) is 0 Å². The van der Waals surface area contributed by atoms with Crippen LogP contribution < -0.4 is 21.3 Å². The summed E-state index contributed by atoms with van der Waals surface area (Å²) < 4.78 is 6.84. The van der Waals surface area contributed by atoms with Crippen LogP contribution in [0.1, 0.15) is 35.8 Å². The predicted octanol–water partition coefficient (Wildman–Crippen LogP) is 1.85. The quantitative estimate of drug-likeness (QED) is 0.209. The van der Waals surface area contributed by atoms with E-state index in [0.717, 1.165) is 36.0 Å². The van der Waals surface area contributed by atoms with Crippen LogP contribution in [0.4, 0.5) is 11.8 Å². The standard InChI is InChI=1S/C27H32N8O3/c1-3-5-13-35-24(26(37)32-16-19-8-9-21-22(15-19)30-11-10-29-21)25(31-17-23(36)38-14-4-2)33-27(35)34-12-6-7-20(28)18-34/h4,8-11,15,20,31H,2,6-7,12-14,16-18,28H2,1H3,(H,32,37). The van der Waals surface area contributed by atoms with E-state index in [-0.39, 0.29) is 49.7 Å². The van der Waals surface area contributed by atoms with Crippen LogP contribution in [0.15, 0.2) is 43.2 Å². The van der Waals surface area contributed by atoms with Crippen molar-refractivity contribution in [1.29, 1.82) is 0 Å². The van der Waals surface area contributed by atoms with Gasteiger partial charge < -0.3 is 26.0 Å². The second-order valence-corrected chi connectivity index (χ2v) is 8.86. The molecule has 1 atom stereocenters. The zero-order valence-corrected chi connectivity index (χ0v) is 21.4. The molecule has 11 nitrogen and oxygen atoms in total. The fraction of sp³-hybridized carbons (Fsp3) is 0.370. The molecule has 1 aliphatic heterocycles. The van der Waals surface area contributed by atoms with Crippen molar-refractivity contribution in [2.24, 2.45) is 5.73 Å². The van der Waals surface area contributed by atoms with E-state index in [9.17, 15) is 9.59 Å². The number of carbonyl (C=O) groups is 2. The molecule has 3 aromatic rings. The molecule has 4 N–H and O–H groups in total. The molecular formula is C27H32N8O3. The highest BCUT2D eigenvalue weighted by Crippen LogP contribution is 2.26. The fourth-order valence-electron chi connectivity index (χ4n) is 4.28. The number of anilines is 2. The van der Waals surface area contributed by atoms with Crippen molar-refractivity contribution >= 4 is 34.7 Å². The minimum absolute atomic E-state index is 0.00438. The van der Waals surface area contributed by atoms with Gasteiger partial charge in [-0.15, -0.1) is 5.92 Å². The molecule has 1 saturated heterocycles. The monoisotopic (exact) mass is 516 g/mol. The number of hydrogen-bond donors (Lipinski definition) is 3. The van der Waals surface area contributed by atoms with Gasteiger partial charge in [0.15, 0.2) is 11.5 Å². The lowest BCUT2D eigenvalue weighted by atomic mass is 10.1. The van der Waals surface area contributed by atoms with Gasteiger partial charge in [0.05, 0.1) is 17.6 Å². The molecule has 11 heteroatoms. The number of hydrogen-bond acceptors (Lipinski definition) is 9. The first-order valence-corrected chi connectivity index (χ1v) is 12.5. The van der Waals surface area contributed by atoms with Crippen LogP contribution in [-0.4, -0.2) is 63.7 Å². The minimum atomic E-state index is -0.488. The van der Waals surface area contributed by atoms with Crippen molar-refractivity contribution in [2.45, 2.75) is 38.9 Å². The second kappa shape index (κ2) is 12.7. The summed E-state index contributed by atoms with van der Waals surface area (Å²) in [5, 5.41) is 5.96. The normalized spacial score (nSPS) is 14.9. The number of esters is 1. The number of amides is 1. The van der Waals surface area contributed by atoms with Gasteiger partial charge in [0.1, 0.15) is 13.2 Å². The average molecular weight is 517 g/mol. The van der Waals surface area contributed by atoms with Crippen LogP contribution in [0.25, 0.3) is 11.0 Å². The molecule has 0 radical (unpaired) electrons. The number of piperidine rings is 1. The number of benzene rings is 1. The zero-order valence-electron chi connectivity index (χ0n) is 21.4. The zero-order chi connectivity index (χ0) is 26.9. The Kier molecular flexibility index (Phi) is 8.89. The Morgan fingerprint density at radius 2 is 2.11 bits per heavy atom. The fourth-order valence-corrected chi connectivity index (χ4v) is 4.28. The molecule has 1 aromatic carbocycles.